The van der Waals surface area contributed by atoms with Crippen LogP contribution in [-0.4, -0.2) is 47.9 Å². The molecule has 1 atom stereocenters. The Morgan fingerprint density at radius 3 is 2.79 bits per heavy atom. The van der Waals surface area contributed by atoms with Crippen molar-refractivity contribution in [1.29, 1.82) is 0 Å². The van der Waals surface area contributed by atoms with Crippen molar-refractivity contribution >= 4 is 16.7 Å². The molecule has 2 heterocycles. The molecule has 1 saturated heterocycles. The minimum absolute atomic E-state index is 0.0543. The molecule has 19 heavy (non-hydrogen) atoms. The van der Waals surface area contributed by atoms with E-state index in [1.54, 1.807) is 0 Å². The number of nitrogens with one attached hydrogen (secondary N) is 2. The molecule has 0 amide bonds. The number of rotatable bonds is 3. The predicted octanol–water partition coefficient (Wildman–Crippen LogP) is 1.64. The summed E-state index contributed by atoms with van der Waals surface area (Å²) in [5.74, 6) is 0.208. The van der Waals surface area contributed by atoms with Crippen molar-refractivity contribution in [1.82, 2.24) is 15.2 Å². The molecular formula is C15H19N3O. The van der Waals surface area contributed by atoms with Gasteiger partial charge in [-0.2, -0.15) is 0 Å². The summed E-state index contributed by atoms with van der Waals surface area (Å²) in [6.45, 7) is 5.82. The Hall–Kier alpha value is -1.65. The average molecular weight is 257 g/mol. The van der Waals surface area contributed by atoms with Crippen molar-refractivity contribution < 1.29 is 4.79 Å². The second-order valence-corrected chi connectivity index (χ2v) is 5.07. The smallest absolute Gasteiger partial charge is 0.181 e. The lowest BCUT2D eigenvalue weighted by Gasteiger charge is -2.31. The van der Waals surface area contributed by atoms with Gasteiger partial charge in [-0.1, -0.05) is 18.2 Å². The van der Waals surface area contributed by atoms with Gasteiger partial charge < -0.3 is 10.3 Å². The monoisotopic (exact) mass is 257 g/mol. The van der Waals surface area contributed by atoms with Crippen LogP contribution in [0.4, 0.5) is 0 Å². The molecule has 1 fully saturated rings. The number of aromatic amines is 1. The van der Waals surface area contributed by atoms with Crippen molar-refractivity contribution in [2.24, 2.45) is 0 Å². The minimum Gasteiger partial charge on any atom is -0.360 e. The Labute approximate surface area is 112 Å². The van der Waals surface area contributed by atoms with Crippen LogP contribution in [0.25, 0.3) is 10.9 Å². The van der Waals surface area contributed by atoms with Crippen LogP contribution in [-0.2, 0) is 0 Å². The van der Waals surface area contributed by atoms with Crippen LogP contribution in [0.3, 0.4) is 0 Å². The lowest BCUT2D eigenvalue weighted by atomic mass is 10.0. The number of aromatic nitrogens is 1. The third-order valence-corrected chi connectivity index (χ3v) is 3.93. The largest absolute Gasteiger partial charge is 0.360 e. The number of fused-ring (bicyclic) bond motifs is 1. The van der Waals surface area contributed by atoms with E-state index in [-0.39, 0.29) is 11.8 Å². The van der Waals surface area contributed by atoms with Crippen LogP contribution in [0.1, 0.15) is 17.3 Å². The first-order valence-electron chi connectivity index (χ1n) is 6.82. The van der Waals surface area contributed by atoms with Crippen LogP contribution in [0.15, 0.2) is 30.5 Å². The fourth-order valence-electron chi connectivity index (χ4n) is 2.74. The molecule has 0 spiro atoms. The normalized spacial score (nSPS) is 18.6. The number of ketones is 1. The summed E-state index contributed by atoms with van der Waals surface area (Å²) in [5.41, 5.74) is 1.83. The number of piperazine rings is 1. The summed E-state index contributed by atoms with van der Waals surface area (Å²) >= 11 is 0. The molecule has 0 aliphatic carbocycles. The van der Waals surface area contributed by atoms with E-state index in [4.69, 9.17) is 0 Å². The third kappa shape index (κ3) is 2.29. The Morgan fingerprint density at radius 2 is 2.00 bits per heavy atom. The molecular weight excluding hydrogens is 238 g/mol. The summed E-state index contributed by atoms with van der Waals surface area (Å²) in [7, 11) is 0. The van der Waals surface area contributed by atoms with Gasteiger partial charge in [0, 0.05) is 48.8 Å². The van der Waals surface area contributed by atoms with E-state index in [9.17, 15) is 4.79 Å². The van der Waals surface area contributed by atoms with E-state index in [1.165, 1.54) is 0 Å². The van der Waals surface area contributed by atoms with E-state index in [0.29, 0.717) is 0 Å². The minimum atomic E-state index is -0.0543. The summed E-state index contributed by atoms with van der Waals surface area (Å²) in [6, 6.07) is 7.90. The summed E-state index contributed by atoms with van der Waals surface area (Å²) in [5, 5.41) is 4.34. The highest BCUT2D eigenvalue weighted by Gasteiger charge is 2.25. The molecule has 1 aromatic carbocycles. The predicted molar refractivity (Wildman–Crippen MR) is 76.5 cm³/mol. The van der Waals surface area contributed by atoms with Crippen LogP contribution in [0.2, 0.25) is 0 Å². The van der Waals surface area contributed by atoms with Crippen molar-refractivity contribution in [2.75, 3.05) is 26.2 Å². The van der Waals surface area contributed by atoms with Crippen LogP contribution in [0.5, 0.6) is 0 Å². The summed E-state index contributed by atoms with van der Waals surface area (Å²) in [6.07, 6.45) is 1.84. The van der Waals surface area contributed by atoms with E-state index >= 15 is 0 Å². The number of hydrogen-bond acceptors (Lipinski definition) is 3. The van der Waals surface area contributed by atoms with Gasteiger partial charge in [-0.15, -0.1) is 0 Å². The maximum absolute atomic E-state index is 12.6. The van der Waals surface area contributed by atoms with Gasteiger partial charge in [-0.25, -0.2) is 0 Å². The van der Waals surface area contributed by atoms with Gasteiger partial charge in [0.05, 0.1) is 6.04 Å². The zero-order valence-electron chi connectivity index (χ0n) is 11.1. The number of nitrogens with zero attached hydrogens (tertiary/aromatic N) is 1. The van der Waals surface area contributed by atoms with Crippen LogP contribution in [0, 0.1) is 0 Å². The number of H-pyrrole nitrogens is 1. The first kappa shape index (κ1) is 12.4. The number of benzene rings is 1. The maximum atomic E-state index is 12.6. The fourth-order valence-corrected chi connectivity index (χ4v) is 2.74. The standard InChI is InChI=1S/C15H19N3O/c1-11(18-8-6-16-7-9-18)15(19)13-10-17-14-5-3-2-4-12(13)14/h2-5,10-11,16-17H,6-9H2,1H3. The van der Waals surface area contributed by atoms with Gasteiger partial charge in [-0.3, -0.25) is 9.69 Å². The topological polar surface area (TPSA) is 48.1 Å². The Morgan fingerprint density at radius 1 is 1.26 bits per heavy atom. The lowest BCUT2D eigenvalue weighted by Crippen LogP contribution is -2.50. The van der Waals surface area contributed by atoms with Gasteiger partial charge in [0.15, 0.2) is 5.78 Å². The molecule has 1 unspecified atom stereocenters. The third-order valence-electron chi connectivity index (χ3n) is 3.93. The molecule has 1 aliphatic rings. The molecule has 3 rings (SSSR count). The molecule has 1 aromatic heterocycles. The molecule has 2 N–H and O–H groups in total. The zero-order valence-corrected chi connectivity index (χ0v) is 11.1. The number of carbonyl (C=O) groups is 1. The second kappa shape index (κ2) is 5.15. The van der Waals surface area contributed by atoms with E-state index < -0.39 is 0 Å². The molecule has 100 valence electrons. The molecule has 0 radical (unpaired) electrons. The first-order valence-corrected chi connectivity index (χ1v) is 6.82. The Bertz CT molecular complexity index is 584. The van der Waals surface area contributed by atoms with Crippen molar-refractivity contribution in [3.8, 4) is 0 Å². The SMILES string of the molecule is CC(C(=O)c1c[nH]c2ccccc12)N1CCNCC1. The Kier molecular flexibility index (Phi) is 3.36. The number of para-hydroxylation sites is 1. The van der Waals surface area contributed by atoms with Gasteiger partial charge in [-0.05, 0) is 13.0 Å². The fraction of sp³-hybridized carbons (Fsp3) is 0.400. The molecule has 0 bridgehead atoms. The maximum Gasteiger partial charge on any atom is 0.181 e. The molecule has 1 aliphatic heterocycles. The number of hydrogen-bond donors (Lipinski definition) is 2. The average Bonchev–Trinajstić information content (AvgIpc) is 2.90. The van der Waals surface area contributed by atoms with E-state index in [0.717, 1.165) is 42.6 Å². The molecule has 4 nitrogen and oxygen atoms in total. The quantitative estimate of drug-likeness (QED) is 0.822. The highest BCUT2D eigenvalue weighted by Crippen LogP contribution is 2.20. The molecule has 4 heteroatoms. The zero-order chi connectivity index (χ0) is 13.2. The molecule has 2 aromatic rings. The van der Waals surface area contributed by atoms with Gasteiger partial charge in [0.25, 0.3) is 0 Å². The van der Waals surface area contributed by atoms with Crippen molar-refractivity contribution in [3.63, 3.8) is 0 Å². The number of Topliss-reactive ketones (excluding diaryl/α,β-unsaturated/α-hetero) is 1. The van der Waals surface area contributed by atoms with Gasteiger partial charge >= 0.3 is 0 Å². The Balaban J connectivity index is 1.86. The second-order valence-electron chi connectivity index (χ2n) is 5.07. The first-order chi connectivity index (χ1) is 9.27. The van der Waals surface area contributed by atoms with E-state index in [2.05, 4.69) is 15.2 Å². The van der Waals surface area contributed by atoms with Crippen molar-refractivity contribution in [3.05, 3.63) is 36.0 Å². The summed E-state index contributed by atoms with van der Waals surface area (Å²) in [4.78, 5) is 18.1. The molecule has 0 saturated carbocycles. The van der Waals surface area contributed by atoms with Crippen molar-refractivity contribution in [2.45, 2.75) is 13.0 Å². The van der Waals surface area contributed by atoms with E-state index in [1.807, 2.05) is 37.4 Å². The van der Waals surface area contributed by atoms with Gasteiger partial charge in [0.1, 0.15) is 0 Å². The highest BCUT2D eigenvalue weighted by atomic mass is 16.1. The number of carbonyl (C=O) groups excluding carboxylic acids is 1. The summed E-state index contributed by atoms with van der Waals surface area (Å²) < 4.78 is 0. The van der Waals surface area contributed by atoms with Gasteiger partial charge in [0.2, 0.25) is 0 Å². The highest BCUT2D eigenvalue weighted by molar-refractivity contribution is 6.10. The lowest BCUT2D eigenvalue weighted by molar-refractivity contribution is 0.0822. The van der Waals surface area contributed by atoms with Crippen LogP contribution < -0.4 is 5.32 Å². The van der Waals surface area contributed by atoms with Crippen LogP contribution >= 0.6 is 0 Å².